The van der Waals surface area contributed by atoms with E-state index >= 15 is 0 Å². The van der Waals surface area contributed by atoms with E-state index in [9.17, 15) is 33.9 Å². The van der Waals surface area contributed by atoms with Crippen LogP contribution in [-0.4, -0.2) is 127 Å². The van der Waals surface area contributed by atoms with Crippen LogP contribution in [0.15, 0.2) is 84.9 Å². The normalized spacial score (nSPS) is 19.0. The first-order chi connectivity index (χ1) is 32.5. The van der Waals surface area contributed by atoms with Gasteiger partial charge in [0.2, 0.25) is 17.7 Å². The van der Waals surface area contributed by atoms with Gasteiger partial charge in [-0.25, -0.2) is 0 Å². The SMILES string of the molecule is CC(=O)[C@H](C)NC(=O)[C@@H]1Cc2ccc(O)c(c2)-c2cc(ccc2OCCN2CCN(C)CC2)[C@H](N(C)C(=O)[C@H](CCCCN)CC(=O)c2ccc(-c3ccc(Cl)cc3)cc2)C(=O)C[C@@H](C)C(=O)N1. The number of nitrogens with two attached hydrogens (primary N) is 1. The molecule has 5 atom stereocenters. The number of likely N-dealkylation sites (N-methyl/N-ethyl adjacent to an activating group) is 2. The number of carbonyl (C=O) groups excluding carboxylic acids is 6. The summed E-state index contributed by atoms with van der Waals surface area (Å²) in [6, 6.07) is 21.4. The average Bonchev–Trinajstić information content (AvgIpc) is 3.32. The molecule has 15 heteroatoms. The molecule has 5 N–H and O–H groups in total. The fourth-order valence-corrected chi connectivity index (χ4v) is 8.86. The number of fused-ring (bicyclic) bond motifs is 5. The largest absolute Gasteiger partial charge is 0.507 e. The maximum Gasteiger partial charge on any atom is 0.243 e. The molecular formula is C53H65ClN6O8. The molecule has 0 aliphatic carbocycles. The van der Waals surface area contributed by atoms with E-state index in [1.165, 1.54) is 24.9 Å². The van der Waals surface area contributed by atoms with Gasteiger partial charge < -0.3 is 36.0 Å². The van der Waals surface area contributed by atoms with Crippen LogP contribution >= 0.6 is 11.6 Å². The van der Waals surface area contributed by atoms with Crippen LogP contribution in [0.5, 0.6) is 11.5 Å². The lowest BCUT2D eigenvalue weighted by Crippen LogP contribution is -2.52. The number of unbranched alkanes of at least 4 members (excludes halogenated alkanes) is 1. The van der Waals surface area contributed by atoms with Gasteiger partial charge in [0.15, 0.2) is 17.3 Å². The van der Waals surface area contributed by atoms with Crippen LogP contribution in [0.3, 0.4) is 0 Å². The molecule has 1 saturated heterocycles. The van der Waals surface area contributed by atoms with Gasteiger partial charge >= 0.3 is 0 Å². The molecule has 1 fully saturated rings. The Labute approximate surface area is 404 Å². The van der Waals surface area contributed by atoms with E-state index in [0.29, 0.717) is 77.5 Å². The Balaban J connectivity index is 1.37. The number of benzene rings is 4. The summed E-state index contributed by atoms with van der Waals surface area (Å²) in [6.45, 7) is 9.55. The molecule has 0 spiro atoms. The molecule has 6 rings (SSSR count). The molecule has 0 aromatic heterocycles. The molecule has 362 valence electrons. The van der Waals surface area contributed by atoms with Crippen LogP contribution in [0.1, 0.15) is 80.4 Å². The molecule has 4 aromatic rings. The van der Waals surface area contributed by atoms with Crippen LogP contribution in [0, 0.1) is 11.8 Å². The van der Waals surface area contributed by atoms with Gasteiger partial charge in [-0.2, -0.15) is 0 Å². The van der Waals surface area contributed by atoms with Gasteiger partial charge in [-0.15, -0.1) is 0 Å². The number of amides is 3. The molecule has 0 radical (unpaired) electrons. The van der Waals surface area contributed by atoms with Crippen molar-refractivity contribution in [2.24, 2.45) is 17.6 Å². The smallest absolute Gasteiger partial charge is 0.243 e. The minimum Gasteiger partial charge on any atom is -0.507 e. The van der Waals surface area contributed by atoms with Crippen molar-refractivity contribution in [2.75, 3.05) is 60.0 Å². The van der Waals surface area contributed by atoms with Crippen LogP contribution < -0.4 is 21.1 Å². The summed E-state index contributed by atoms with van der Waals surface area (Å²) >= 11 is 6.09. The summed E-state index contributed by atoms with van der Waals surface area (Å²) < 4.78 is 6.47. The summed E-state index contributed by atoms with van der Waals surface area (Å²) in [4.78, 5) is 89.5. The summed E-state index contributed by atoms with van der Waals surface area (Å²) in [5.41, 5.74) is 9.96. The van der Waals surface area contributed by atoms with Crippen molar-refractivity contribution in [3.05, 3.63) is 107 Å². The van der Waals surface area contributed by atoms with Gasteiger partial charge in [0.25, 0.3) is 0 Å². The van der Waals surface area contributed by atoms with E-state index in [-0.39, 0.29) is 36.6 Å². The number of halogens is 1. The fraction of sp³-hybridized carbons (Fsp3) is 0.434. The minimum atomic E-state index is -1.23. The molecule has 3 amide bonds. The second kappa shape index (κ2) is 23.9. The number of phenolic OH excluding ortho intramolecular Hbond substituents is 1. The summed E-state index contributed by atoms with van der Waals surface area (Å²) in [7, 11) is 3.63. The number of ether oxygens (including phenoxy) is 1. The summed E-state index contributed by atoms with van der Waals surface area (Å²) in [5.74, 6) is -3.98. The monoisotopic (exact) mass is 948 g/mol. The predicted octanol–water partition coefficient (Wildman–Crippen LogP) is 6.25. The zero-order valence-corrected chi connectivity index (χ0v) is 40.5. The number of hydrogen-bond acceptors (Lipinski definition) is 11. The lowest BCUT2D eigenvalue weighted by molar-refractivity contribution is -0.142. The third-order valence-corrected chi connectivity index (χ3v) is 13.4. The minimum absolute atomic E-state index is 0.00601. The van der Waals surface area contributed by atoms with Gasteiger partial charge in [0, 0.05) is 92.6 Å². The van der Waals surface area contributed by atoms with Crippen molar-refractivity contribution in [3.63, 3.8) is 0 Å². The Morgan fingerprint density at radius 3 is 2.25 bits per heavy atom. The topological polar surface area (TPSA) is 192 Å². The van der Waals surface area contributed by atoms with E-state index in [1.807, 2.05) is 24.3 Å². The number of rotatable bonds is 17. The molecule has 2 aliphatic rings. The first-order valence-electron chi connectivity index (χ1n) is 23.5. The molecular weight excluding hydrogens is 884 g/mol. The maximum absolute atomic E-state index is 14.9. The number of carbonyl (C=O) groups is 6. The zero-order chi connectivity index (χ0) is 49.1. The van der Waals surface area contributed by atoms with Gasteiger partial charge in [-0.3, -0.25) is 33.7 Å². The van der Waals surface area contributed by atoms with Gasteiger partial charge in [0.1, 0.15) is 30.2 Å². The molecule has 0 saturated carbocycles. The third kappa shape index (κ3) is 13.4. The summed E-state index contributed by atoms with van der Waals surface area (Å²) in [5, 5.41) is 17.6. The van der Waals surface area contributed by atoms with E-state index in [1.54, 1.807) is 68.4 Å². The average molecular weight is 950 g/mol. The second-order valence-corrected chi connectivity index (χ2v) is 18.8. The van der Waals surface area contributed by atoms with Crippen molar-refractivity contribution in [1.82, 2.24) is 25.3 Å². The Morgan fingerprint density at radius 1 is 0.912 bits per heavy atom. The Bertz CT molecular complexity index is 2440. The highest BCUT2D eigenvalue weighted by Crippen LogP contribution is 2.40. The maximum atomic E-state index is 14.9. The Kier molecular flexibility index (Phi) is 18.1. The van der Waals surface area contributed by atoms with Crippen molar-refractivity contribution < 1.29 is 38.6 Å². The van der Waals surface area contributed by atoms with Crippen molar-refractivity contribution in [2.45, 2.75) is 77.4 Å². The highest BCUT2D eigenvalue weighted by molar-refractivity contribution is 6.30. The molecule has 2 aliphatic heterocycles. The van der Waals surface area contributed by atoms with Crippen molar-refractivity contribution in [1.29, 1.82) is 0 Å². The van der Waals surface area contributed by atoms with Gasteiger partial charge in [-0.1, -0.05) is 73.5 Å². The van der Waals surface area contributed by atoms with E-state index in [4.69, 9.17) is 22.1 Å². The zero-order valence-electron chi connectivity index (χ0n) is 39.8. The molecule has 68 heavy (non-hydrogen) atoms. The lowest BCUT2D eigenvalue weighted by atomic mass is 9.88. The fourth-order valence-electron chi connectivity index (χ4n) is 8.74. The molecule has 2 heterocycles. The van der Waals surface area contributed by atoms with Crippen molar-refractivity contribution in [3.8, 4) is 33.8 Å². The van der Waals surface area contributed by atoms with Gasteiger partial charge in [0.05, 0.1) is 6.04 Å². The number of nitrogens with zero attached hydrogens (tertiary/aromatic N) is 3. The Hall–Kier alpha value is -5.93. The number of aromatic hydroxyl groups is 1. The lowest BCUT2D eigenvalue weighted by Gasteiger charge is -2.33. The number of hydrogen-bond donors (Lipinski definition) is 4. The van der Waals surface area contributed by atoms with Crippen molar-refractivity contribution >= 4 is 46.7 Å². The summed E-state index contributed by atoms with van der Waals surface area (Å²) in [6.07, 6.45) is 1.11. The third-order valence-electron chi connectivity index (χ3n) is 13.1. The number of piperazine rings is 1. The molecule has 4 bridgehead atoms. The number of ketones is 3. The van der Waals surface area contributed by atoms with E-state index < -0.39 is 53.5 Å². The number of phenols is 1. The van der Waals surface area contributed by atoms with E-state index in [0.717, 1.165) is 37.3 Å². The predicted molar refractivity (Wildman–Crippen MR) is 263 cm³/mol. The van der Waals surface area contributed by atoms with Crippen LogP contribution in [0.4, 0.5) is 0 Å². The molecule has 14 nitrogen and oxygen atoms in total. The Morgan fingerprint density at radius 2 is 1.59 bits per heavy atom. The molecule has 4 aromatic carbocycles. The number of Topliss-reactive ketones (excluding diaryl/α,β-unsaturated/α-hetero) is 3. The molecule has 0 unspecified atom stereocenters. The van der Waals surface area contributed by atoms with Gasteiger partial charge in [-0.05, 0) is 98.9 Å². The quantitative estimate of drug-likeness (QED) is 0.0691. The first kappa shape index (κ1) is 51.5. The highest BCUT2D eigenvalue weighted by Gasteiger charge is 2.36. The first-order valence-corrected chi connectivity index (χ1v) is 23.9. The van der Waals surface area contributed by atoms with Crippen LogP contribution in [-0.2, 0) is 30.4 Å². The standard InChI is InChI=1S/C53H65ClN6O8/c1-33-28-48(64)50(59(5)53(67)41(8-6-7-21-55)32-47(63)39-12-10-37(11-13-39)38-14-17-42(54)18-15-38)40-16-20-49(68-27-26-60-24-22-58(4)23-25-60)44(31-40)43-29-36(9-19-46(43)62)30-45(57-51(33)65)52(66)56-34(2)35(3)61/h9-20,29,31,33-34,41,45,50,62H,6-8,21-28,30,32,55H2,1-5H3,(H,56,66)(H,57,65)/t33-,34+,41-,45+,50+/m1/s1. The van der Waals surface area contributed by atoms with E-state index in [2.05, 4.69) is 27.5 Å². The van der Waals surface area contributed by atoms with Crippen LogP contribution in [0.2, 0.25) is 5.02 Å². The van der Waals surface area contributed by atoms with Crippen LogP contribution in [0.25, 0.3) is 22.3 Å². The second-order valence-electron chi connectivity index (χ2n) is 18.3. The number of nitrogens with one attached hydrogen (secondary N) is 2. The highest BCUT2D eigenvalue weighted by atomic mass is 35.5.